The molecule has 0 amide bonds. The molecule has 7 aromatic carbocycles. The molecule has 10 rings (SSSR count). The first-order chi connectivity index (χ1) is 24.8. The molecule has 0 aliphatic heterocycles. The lowest BCUT2D eigenvalue weighted by Crippen LogP contribution is -2.01. The molecule has 0 radical (unpaired) electrons. The van der Waals surface area contributed by atoms with Crippen LogP contribution in [-0.4, -0.2) is 24.5 Å². The van der Waals surface area contributed by atoms with Gasteiger partial charge in [-0.15, -0.1) is 0 Å². The number of oxazole rings is 1. The Hall–Kier alpha value is -6.92. The third kappa shape index (κ3) is 4.58. The van der Waals surface area contributed by atoms with Gasteiger partial charge in [0.05, 0.1) is 16.7 Å². The zero-order chi connectivity index (χ0) is 33.0. The van der Waals surface area contributed by atoms with Crippen LogP contribution in [-0.2, 0) is 0 Å². The van der Waals surface area contributed by atoms with Crippen LogP contribution in [0.4, 0.5) is 0 Å². The summed E-state index contributed by atoms with van der Waals surface area (Å²) < 4.78 is 8.51. The Bertz CT molecular complexity index is 2780. The Morgan fingerprint density at radius 3 is 1.74 bits per heavy atom. The fourth-order valence-electron chi connectivity index (χ4n) is 6.96. The minimum absolute atomic E-state index is 0.613. The van der Waals surface area contributed by atoms with Crippen LogP contribution in [0.5, 0.6) is 0 Å². The van der Waals surface area contributed by atoms with Crippen LogP contribution in [0.25, 0.3) is 95.0 Å². The van der Waals surface area contributed by atoms with E-state index >= 15 is 0 Å². The van der Waals surface area contributed by atoms with E-state index in [9.17, 15) is 0 Å². The Balaban J connectivity index is 1.18. The van der Waals surface area contributed by atoms with Gasteiger partial charge >= 0.3 is 0 Å². The summed E-state index contributed by atoms with van der Waals surface area (Å²) in [7, 11) is 0. The van der Waals surface area contributed by atoms with Gasteiger partial charge in [-0.25, -0.2) is 19.9 Å². The summed E-state index contributed by atoms with van der Waals surface area (Å²) in [5, 5.41) is 4.44. The van der Waals surface area contributed by atoms with E-state index in [0.29, 0.717) is 23.4 Å². The first kappa shape index (κ1) is 28.1. The van der Waals surface area contributed by atoms with E-state index in [1.165, 1.54) is 0 Å². The van der Waals surface area contributed by atoms with Crippen LogP contribution in [0, 0.1) is 0 Å². The molecule has 0 N–H and O–H groups in total. The van der Waals surface area contributed by atoms with Crippen molar-refractivity contribution in [1.82, 2.24) is 24.5 Å². The van der Waals surface area contributed by atoms with E-state index < -0.39 is 0 Å². The van der Waals surface area contributed by atoms with Crippen LogP contribution in [0.3, 0.4) is 0 Å². The molecule has 3 aromatic heterocycles. The zero-order valence-corrected chi connectivity index (χ0v) is 26.7. The Kier molecular flexibility index (Phi) is 6.39. The van der Waals surface area contributed by atoms with Gasteiger partial charge in [0.2, 0.25) is 5.89 Å². The van der Waals surface area contributed by atoms with Crippen LogP contribution in [0.15, 0.2) is 168 Å². The maximum atomic E-state index is 6.16. The minimum Gasteiger partial charge on any atom is -0.436 e. The van der Waals surface area contributed by atoms with Gasteiger partial charge < -0.3 is 8.98 Å². The van der Waals surface area contributed by atoms with E-state index in [1.807, 2.05) is 84.9 Å². The molecular formula is C44H27N5O. The third-order valence-corrected chi connectivity index (χ3v) is 9.30. The number of fused-ring (bicyclic) bond motifs is 5. The number of nitrogens with zero attached hydrogens (tertiary/aromatic N) is 5. The Morgan fingerprint density at radius 2 is 1.00 bits per heavy atom. The molecular weight excluding hydrogens is 615 g/mol. The quantitative estimate of drug-likeness (QED) is 0.187. The summed E-state index contributed by atoms with van der Waals surface area (Å²) >= 11 is 0. The van der Waals surface area contributed by atoms with Gasteiger partial charge in [0, 0.05) is 38.4 Å². The highest BCUT2D eigenvalue weighted by Gasteiger charge is 2.19. The lowest BCUT2D eigenvalue weighted by Gasteiger charge is -2.15. The molecule has 0 spiro atoms. The third-order valence-electron chi connectivity index (χ3n) is 9.30. The highest BCUT2D eigenvalue weighted by Crippen LogP contribution is 2.39. The number of para-hydroxylation sites is 3. The standard InChI is InChI=1S/C44H27N5O/c1-3-13-28(14-4-1)41-46-42(29-15-5-2-6-16-29)48-43(47-41)34-24-26-38(32-18-8-7-17-31(32)34)49-37-21-11-9-19-33(37)35-27-30(23-25-39(35)49)44-45-36-20-10-12-22-40(36)50-44/h1-27H. The van der Waals surface area contributed by atoms with E-state index in [4.69, 9.17) is 24.4 Å². The molecule has 3 heterocycles. The average molecular weight is 642 g/mol. The fraction of sp³-hybridized carbons (Fsp3) is 0. The first-order valence-corrected chi connectivity index (χ1v) is 16.6. The smallest absolute Gasteiger partial charge is 0.227 e. The predicted octanol–water partition coefficient (Wildman–Crippen LogP) is 10.9. The Labute approximate surface area is 287 Å². The van der Waals surface area contributed by atoms with Gasteiger partial charge in [-0.3, -0.25) is 0 Å². The van der Waals surface area contributed by atoms with Crippen molar-refractivity contribution in [2.24, 2.45) is 0 Å². The molecule has 6 heteroatoms. The number of benzene rings is 7. The van der Waals surface area contributed by atoms with E-state index in [0.717, 1.165) is 71.6 Å². The van der Waals surface area contributed by atoms with Crippen molar-refractivity contribution in [3.8, 4) is 51.3 Å². The van der Waals surface area contributed by atoms with Gasteiger partial charge in [-0.05, 0) is 53.9 Å². The fourth-order valence-corrected chi connectivity index (χ4v) is 6.96. The van der Waals surface area contributed by atoms with Gasteiger partial charge in [-0.2, -0.15) is 0 Å². The van der Waals surface area contributed by atoms with Gasteiger partial charge in [0.25, 0.3) is 0 Å². The van der Waals surface area contributed by atoms with E-state index in [-0.39, 0.29) is 0 Å². The molecule has 0 unspecified atom stereocenters. The maximum absolute atomic E-state index is 6.16. The molecule has 0 atom stereocenters. The molecule has 6 nitrogen and oxygen atoms in total. The molecule has 0 bridgehead atoms. The average Bonchev–Trinajstić information content (AvgIpc) is 3.77. The number of hydrogen-bond acceptors (Lipinski definition) is 5. The zero-order valence-electron chi connectivity index (χ0n) is 26.7. The molecule has 0 fully saturated rings. The van der Waals surface area contributed by atoms with Crippen molar-refractivity contribution in [3.63, 3.8) is 0 Å². The second kappa shape index (κ2) is 11.4. The van der Waals surface area contributed by atoms with Crippen LogP contribution in [0.2, 0.25) is 0 Å². The van der Waals surface area contributed by atoms with Gasteiger partial charge in [-0.1, -0.05) is 115 Å². The summed E-state index contributed by atoms with van der Waals surface area (Å²) in [5.41, 5.74) is 8.69. The topological polar surface area (TPSA) is 69.6 Å². The van der Waals surface area contributed by atoms with Crippen LogP contribution in [0.1, 0.15) is 0 Å². The Morgan fingerprint density at radius 1 is 0.400 bits per heavy atom. The van der Waals surface area contributed by atoms with Crippen molar-refractivity contribution in [3.05, 3.63) is 164 Å². The van der Waals surface area contributed by atoms with Crippen molar-refractivity contribution < 1.29 is 4.42 Å². The monoisotopic (exact) mass is 641 g/mol. The summed E-state index contributed by atoms with van der Waals surface area (Å²) in [6.45, 7) is 0. The number of aromatic nitrogens is 5. The largest absolute Gasteiger partial charge is 0.436 e. The van der Waals surface area contributed by atoms with Crippen molar-refractivity contribution in [2.45, 2.75) is 0 Å². The number of rotatable bonds is 5. The SMILES string of the molecule is c1ccc(-c2nc(-c3ccccc3)nc(-c3ccc(-n4c5ccccc5c5cc(-c6nc7ccccc7o6)ccc54)c4ccccc34)n2)cc1. The highest BCUT2D eigenvalue weighted by molar-refractivity contribution is 6.12. The molecule has 0 aliphatic rings. The highest BCUT2D eigenvalue weighted by atomic mass is 16.3. The first-order valence-electron chi connectivity index (χ1n) is 16.6. The van der Waals surface area contributed by atoms with E-state index in [1.54, 1.807) is 0 Å². The van der Waals surface area contributed by atoms with Gasteiger partial charge in [0.1, 0.15) is 5.52 Å². The summed E-state index contributed by atoms with van der Waals surface area (Å²) in [4.78, 5) is 19.8. The maximum Gasteiger partial charge on any atom is 0.227 e. The minimum atomic E-state index is 0.613. The normalized spacial score (nSPS) is 11.6. The second-order valence-corrected chi connectivity index (χ2v) is 12.3. The van der Waals surface area contributed by atoms with Crippen LogP contribution >= 0.6 is 0 Å². The summed E-state index contributed by atoms with van der Waals surface area (Å²) in [6.07, 6.45) is 0. The number of hydrogen-bond donors (Lipinski definition) is 0. The molecule has 0 saturated heterocycles. The molecule has 10 aromatic rings. The van der Waals surface area contributed by atoms with Crippen molar-refractivity contribution in [2.75, 3.05) is 0 Å². The second-order valence-electron chi connectivity index (χ2n) is 12.3. The van der Waals surface area contributed by atoms with Crippen molar-refractivity contribution in [1.29, 1.82) is 0 Å². The molecule has 0 saturated carbocycles. The van der Waals surface area contributed by atoms with E-state index in [2.05, 4.69) is 83.4 Å². The van der Waals surface area contributed by atoms with Crippen LogP contribution < -0.4 is 0 Å². The van der Waals surface area contributed by atoms with Gasteiger partial charge in [0.15, 0.2) is 23.1 Å². The molecule has 50 heavy (non-hydrogen) atoms. The molecule has 234 valence electrons. The lowest BCUT2D eigenvalue weighted by atomic mass is 10.0. The summed E-state index contributed by atoms with van der Waals surface area (Å²) in [5.74, 6) is 2.52. The van der Waals surface area contributed by atoms with Crippen molar-refractivity contribution >= 4 is 43.7 Å². The lowest BCUT2D eigenvalue weighted by molar-refractivity contribution is 0.620. The molecule has 0 aliphatic carbocycles. The summed E-state index contributed by atoms with van der Waals surface area (Å²) in [6, 6.07) is 55.9. The predicted molar refractivity (Wildman–Crippen MR) is 201 cm³/mol.